The highest BCUT2D eigenvalue weighted by atomic mass is 79.9. The Kier molecular flexibility index (Phi) is 4.84. The van der Waals surface area contributed by atoms with Crippen LogP contribution in [0, 0.1) is 10.1 Å². The second-order valence-electron chi connectivity index (χ2n) is 4.18. The molecule has 0 spiro atoms. The molecule has 0 heterocycles. The van der Waals surface area contributed by atoms with E-state index in [1.165, 1.54) is 30.3 Å². The van der Waals surface area contributed by atoms with Crippen LogP contribution < -0.4 is 5.32 Å². The molecule has 0 unspecified atom stereocenters. The van der Waals surface area contributed by atoms with E-state index in [1.54, 1.807) is 6.08 Å². The maximum absolute atomic E-state index is 11.7. The average molecular weight is 347 g/mol. The summed E-state index contributed by atoms with van der Waals surface area (Å²) in [4.78, 5) is 21.8. The smallest absolute Gasteiger partial charge is 0.269 e. The molecule has 2 rings (SSSR count). The van der Waals surface area contributed by atoms with Gasteiger partial charge in [0.2, 0.25) is 5.91 Å². The minimum atomic E-state index is -0.487. The van der Waals surface area contributed by atoms with Crippen LogP contribution in [-0.2, 0) is 4.79 Å². The maximum atomic E-state index is 11.7. The van der Waals surface area contributed by atoms with Crippen LogP contribution in [0.1, 0.15) is 5.56 Å². The monoisotopic (exact) mass is 346 g/mol. The molecule has 0 aliphatic heterocycles. The van der Waals surface area contributed by atoms with E-state index in [-0.39, 0.29) is 11.6 Å². The van der Waals surface area contributed by atoms with Crippen LogP contribution >= 0.6 is 15.9 Å². The van der Waals surface area contributed by atoms with Gasteiger partial charge in [0, 0.05) is 28.4 Å². The summed E-state index contributed by atoms with van der Waals surface area (Å²) in [5.74, 6) is -0.302. The van der Waals surface area contributed by atoms with Crippen LogP contribution in [0.15, 0.2) is 59.1 Å². The number of nitro benzene ring substituents is 1. The number of halogens is 1. The number of carbonyl (C=O) groups excluding carboxylic acids is 1. The number of non-ortho nitro benzene ring substituents is 1. The first kappa shape index (κ1) is 14.9. The van der Waals surface area contributed by atoms with Gasteiger partial charge in [-0.2, -0.15) is 0 Å². The van der Waals surface area contributed by atoms with E-state index < -0.39 is 4.92 Å². The summed E-state index contributed by atoms with van der Waals surface area (Å²) in [6, 6.07) is 13.2. The number of benzene rings is 2. The highest BCUT2D eigenvalue weighted by molar-refractivity contribution is 9.10. The molecule has 0 radical (unpaired) electrons. The second-order valence-corrected chi connectivity index (χ2v) is 5.10. The second kappa shape index (κ2) is 6.81. The van der Waals surface area contributed by atoms with Gasteiger partial charge in [-0.05, 0) is 35.9 Å². The molecular formula is C15H11BrN2O3. The molecule has 21 heavy (non-hydrogen) atoms. The predicted octanol–water partition coefficient (Wildman–Crippen LogP) is 4.01. The number of rotatable bonds is 4. The van der Waals surface area contributed by atoms with Crippen LogP contribution in [0.2, 0.25) is 0 Å². The van der Waals surface area contributed by atoms with Gasteiger partial charge in [0.15, 0.2) is 0 Å². The molecule has 0 fully saturated rings. The fraction of sp³-hybridized carbons (Fsp3) is 0. The zero-order valence-corrected chi connectivity index (χ0v) is 12.4. The molecule has 0 saturated carbocycles. The van der Waals surface area contributed by atoms with Crippen molar-refractivity contribution in [2.45, 2.75) is 0 Å². The van der Waals surface area contributed by atoms with Gasteiger partial charge in [0.25, 0.3) is 5.69 Å². The van der Waals surface area contributed by atoms with Crippen molar-refractivity contribution in [1.82, 2.24) is 0 Å². The molecule has 106 valence electrons. The lowest BCUT2D eigenvalue weighted by Gasteiger charge is -2.01. The van der Waals surface area contributed by atoms with E-state index in [0.29, 0.717) is 5.69 Å². The number of anilines is 1. The van der Waals surface area contributed by atoms with Crippen LogP contribution in [0.5, 0.6) is 0 Å². The molecule has 1 N–H and O–H groups in total. The Balaban J connectivity index is 1.99. The lowest BCUT2D eigenvalue weighted by Crippen LogP contribution is -2.07. The standard InChI is InChI=1S/C15H11BrN2O3/c16-12-3-1-2-11(10-12)4-9-15(19)17-13-5-7-14(8-6-13)18(20)21/h1-10H,(H,17,19)/b9-4+. The first-order chi connectivity index (χ1) is 10.0. The van der Waals surface area contributed by atoms with E-state index in [1.807, 2.05) is 24.3 Å². The van der Waals surface area contributed by atoms with Gasteiger partial charge < -0.3 is 5.32 Å². The molecule has 6 heteroatoms. The number of amides is 1. The summed E-state index contributed by atoms with van der Waals surface area (Å²) >= 11 is 3.35. The molecular weight excluding hydrogens is 336 g/mol. The number of hydrogen-bond donors (Lipinski definition) is 1. The van der Waals surface area contributed by atoms with E-state index in [0.717, 1.165) is 10.0 Å². The topological polar surface area (TPSA) is 72.2 Å². The first-order valence-corrected chi connectivity index (χ1v) is 6.83. The van der Waals surface area contributed by atoms with Crippen molar-refractivity contribution in [3.05, 3.63) is 74.8 Å². The number of nitrogens with one attached hydrogen (secondary N) is 1. The summed E-state index contributed by atoms with van der Waals surface area (Å²) in [6.45, 7) is 0. The van der Waals surface area contributed by atoms with Gasteiger partial charge in [-0.3, -0.25) is 14.9 Å². The molecule has 0 bridgehead atoms. The predicted molar refractivity (Wildman–Crippen MR) is 84.9 cm³/mol. The Morgan fingerprint density at radius 1 is 1.19 bits per heavy atom. The third-order valence-electron chi connectivity index (χ3n) is 2.62. The van der Waals surface area contributed by atoms with Crippen molar-refractivity contribution in [2.24, 2.45) is 0 Å². The van der Waals surface area contributed by atoms with Gasteiger partial charge >= 0.3 is 0 Å². The Morgan fingerprint density at radius 2 is 1.90 bits per heavy atom. The summed E-state index contributed by atoms with van der Waals surface area (Å²) in [6.07, 6.45) is 3.09. The summed E-state index contributed by atoms with van der Waals surface area (Å²) in [5, 5.41) is 13.2. The quantitative estimate of drug-likeness (QED) is 0.516. The third-order valence-corrected chi connectivity index (χ3v) is 3.11. The Hall–Kier alpha value is -2.47. The van der Waals surface area contributed by atoms with Gasteiger partial charge in [0.1, 0.15) is 0 Å². The van der Waals surface area contributed by atoms with Crippen molar-refractivity contribution in [2.75, 3.05) is 5.32 Å². The number of carbonyl (C=O) groups is 1. The van der Waals surface area contributed by atoms with Crippen molar-refractivity contribution >= 4 is 39.3 Å². The number of hydrogen-bond acceptors (Lipinski definition) is 3. The maximum Gasteiger partial charge on any atom is 0.269 e. The normalized spacial score (nSPS) is 10.5. The molecule has 2 aromatic carbocycles. The zero-order valence-electron chi connectivity index (χ0n) is 10.8. The van der Waals surface area contributed by atoms with Crippen LogP contribution in [0.25, 0.3) is 6.08 Å². The van der Waals surface area contributed by atoms with E-state index in [9.17, 15) is 14.9 Å². The third kappa shape index (κ3) is 4.54. The fourth-order valence-electron chi connectivity index (χ4n) is 1.63. The molecule has 0 saturated heterocycles. The fourth-order valence-corrected chi connectivity index (χ4v) is 2.05. The molecule has 0 atom stereocenters. The zero-order chi connectivity index (χ0) is 15.2. The van der Waals surface area contributed by atoms with Gasteiger partial charge in [-0.1, -0.05) is 28.1 Å². The summed E-state index contributed by atoms with van der Waals surface area (Å²) in [5.41, 5.74) is 1.38. The minimum absolute atomic E-state index is 0.0160. The molecule has 1 amide bonds. The van der Waals surface area contributed by atoms with Crippen molar-refractivity contribution in [1.29, 1.82) is 0 Å². The number of nitro groups is 1. The Bertz CT molecular complexity index is 696. The lowest BCUT2D eigenvalue weighted by molar-refractivity contribution is -0.384. The first-order valence-electron chi connectivity index (χ1n) is 6.04. The SMILES string of the molecule is O=C(/C=C/c1cccc(Br)c1)Nc1ccc([N+](=O)[O-])cc1. The van der Waals surface area contributed by atoms with Gasteiger partial charge in [-0.25, -0.2) is 0 Å². The highest BCUT2D eigenvalue weighted by Gasteiger charge is 2.04. The van der Waals surface area contributed by atoms with E-state index in [2.05, 4.69) is 21.2 Å². The minimum Gasteiger partial charge on any atom is -0.323 e. The average Bonchev–Trinajstić information content (AvgIpc) is 2.46. The summed E-state index contributed by atoms with van der Waals surface area (Å²) < 4.78 is 0.931. The molecule has 0 aromatic heterocycles. The van der Waals surface area contributed by atoms with Crippen molar-refractivity contribution < 1.29 is 9.72 Å². The molecule has 2 aromatic rings. The van der Waals surface area contributed by atoms with Crippen LogP contribution in [0.4, 0.5) is 11.4 Å². The van der Waals surface area contributed by atoms with E-state index >= 15 is 0 Å². The van der Waals surface area contributed by atoms with Crippen molar-refractivity contribution in [3.8, 4) is 0 Å². The van der Waals surface area contributed by atoms with Crippen LogP contribution in [0.3, 0.4) is 0 Å². The largest absolute Gasteiger partial charge is 0.323 e. The Labute approximate surface area is 129 Å². The number of nitrogens with zero attached hydrogens (tertiary/aromatic N) is 1. The van der Waals surface area contributed by atoms with E-state index in [4.69, 9.17) is 0 Å². The molecule has 0 aliphatic carbocycles. The lowest BCUT2D eigenvalue weighted by atomic mass is 10.2. The molecule has 0 aliphatic rings. The van der Waals surface area contributed by atoms with Crippen molar-refractivity contribution in [3.63, 3.8) is 0 Å². The van der Waals surface area contributed by atoms with Gasteiger partial charge in [-0.15, -0.1) is 0 Å². The highest BCUT2D eigenvalue weighted by Crippen LogP contribution is 2.16. The van der Waals surface area contributed by atoms with Crippen LogP contribution in [-0.4, -0.2) is 10.8 Å². The summed E-state index contributed by atoms with van der Waals surface area (Å²) in [7, 11) is 0. The molecule has 5 nitrogen and oxygen atoms in total. The Morgan fingerprint density at radius 3 is 2.52 bits per heavy atom. The van der Waals surface area contributed by atoms with Gasteiger partial charge in [0.05, 0.1) is 4.92 Å².